The van der Waals surface area contributed by atoms with Gasteiger partial charge >= 0.3 is 0 Å². The molecule has 0 unspecified atom stereocenters. The summed E-state index contributed by atoms with van der Waals surface area (Å²) in [5.41, 5.74) is 1.32. The Labute approximate surface area is 128 Å². The Morgan fingerprint density at radius 3 is 2.68 bits per heavy atom. The van der Waals surface area contributed by atoms with Crippen LogP contribution in [0.5, 0.6) is 5.88 Å². The van der Waals surface area contributed by atoms with E-state index in [4.69, 9.17) is 9.47 Å². The first kappa shape index (κ1) is 14.5. The van der Waals surface area contributed by atoms with Gasteiger partial charge in [-0.25, -0.2) is 4.68 Å². The summed E-state index contributed by atoms with van der Waals surface area (Å²) in [6.07, 6.45) is 0. The van der Waals surface area contributed by atoms with Crippen LogP contribution in [0.2, 0.25) is 0 Å². The lowest BCUT2D eigenvalue weighted by molar-refractivity contribution is 0.0296. The van der Waals surface area contributed by atoms with E-state index in [-0.39, 0.29) is 11.6 Å². The Bertz CT molecular complexity index is 635. The van der Waals surface area contributed by atoms with Gasteiger partial charge in [-0.2, -0.15) is 0 Å². The van der Waals surface area contributed by atoms with Gasteiger partial charge in [0.05, 0.1) is 26.9 Å². The Morgan fingerprint density at radius 1 is 1.27 bits per heavy atom. The first-order chi connectivity index (χ1) is 10.8. The zero-order chi connectivity index (χ0) is 15.4. The van der Waals surface area contributed by atoms with Crippen molar-refractivity contribution in [1.82, 2.24) is 19.9 Å². The van der Waals surface area contributed by atoms with Gasteiger partial charge in [-0.15, -0.1) is 5.10 Å². The molecule has 0 saturated carbocycles. The maximum absolute atomic E-state index is 12.5. The second kappa shape index (κ2) is 6.57. The summed E-state index contributed by atoms with van der Waals surface area (Å²) < 4.78 is 12.2. The van der Waals surface area contributed by atoms with E-state index in [2.05, 4.69) is 10.3 Å². The average molecular weight is 302 g/mol. The van der Waals surface area contributed by atoms with Crippen LogP contribution < -0.4 is 4.74 Å². The Morgan fingerprint density at radius 2 is 2.00 bits per heavy atom. The lowest BCUT2D eigenvalue weighted by Crippen LogP contribution is -2.41. The SMILES string of the molecule is COc1c(C(=O)N2CCOCC2)nnn1Cc1ccccc1. The van der Waals surface area contributed by atoms with Crippen LogP contribution in [0.4, 0.5) is 0 Å². The lowest BCUT2D eigenvalue weighted by Gasteiger charge is -2.26. The molecular weight excluding hydrogens is 284 g/mol. The molecule has 2 aromatic rings. The van der Waals surface area contributed by atoms with E-state index in [9.17, 15) is 4.79 Å². The van der Waals surface area contributed by atoms with E-state index in [0.717, 1.165) is 5.56 Å². The molecule has 1 amide bonds. The molecule has 0 radical (unpaired) electrons. The van der Waals surface area contributed by atoms with Crippen molar-refractivity contribution in [2.75, 3.05) is 33.4 Å². The van der Waals surface area contributed by atoms with Crippen molar-refractivity contribution in [3.05, 3.63) is 41.6 Å². The number of morpholine rings is 1. The number of hydrogen-bond donors (Lipinski definition) is 0. The summed E-state index contributed by atoms with van der Waals surface area (Å²) in [6.45, 7) is 2.73. The fourth-order valence-electron chi connectivity index (χ4n) is 2.42. The molecule has 7 heteroatoms. The number of aromatic nitrogens is 3. The largest absolute Gasteiger partial charge is 0.479 e. The third kappa shape index (κ3) is 2.94. The number of amides is 1. The normalized spacial score (nSPS) is 14.9. The third-order valence-corrected chi connectivity index (χ3v) is 3.56. The summed E-state index contributed by atoms with van der Waals surface area (Å²) in [6, 6.07) is 9.85. The van der Waals surface area contributed by atoms with Gasteiger partial charge in [0, 0.05) is 13.1 Å². The molecule has 116 valence electrons. The van der Waals surface area contributed by atoms with Gasteiger partial charge in [0.1, 0.15) is 0 Å². The van der Waals surface area contributed by atoms with Gasteiger partial charge in [0.2, 0.25) is 11.6 Å². The highest BCUT2D eigenvalue weighted by Crippen LogP contribution is 2.19. The van der Waals surface area contributed by atoms with E-state index in [1.165, 1.54) is 7.11 Å². The van der Waals surface area contributed by atoms with Crippen LogP contribution in [0.1, 0.15) is 16.1 Å². The Balaban J connectivity index is 1.82. The van der Waals surface area contributed by atoms with Crippen LogP contribution >= 0.6 is 0 Å². The summed E-state index contributed by atoms with van der Waals surface area (Å²) in [7, 11) is 1.52. The van der Waals surface area contributed by atoms with Crippen molar-refractivity contribution in [3.63, 3.8) is 0 Å². The van der Waals surface area contributed by atoms with Crippen LogP contribution in [0.3, 0.4) is 0 Å². The molecule has 1 aliphatic heterocycles. The van der Waals surface area contributed by atoms with Crippen LogP contribution in [-0.2, 0) is 11.3 Å². The fourth-order valence-corrected chi connectivity index (χ4v) is 2.42. The number of carbonyl (C=O) groups excluding carboxylic acids is 1. The average Bonchev–Trinajstić information content (AvgIpc) is 2.98. The summed E-state index contributed by atoms with van der Waals surface area (Å²) in [5.74, 6) is 0.222. The number of carbonyl (C=O) groups is 1. The van der Waals surface area contributed by atoms with Gasteiger partial charge in [0.15, 0.2) is 0 Å². The van der Waals surface area contributed by atoms with Crippen LogP contribution in [0.15, 0.2) is 30.3 Å². The van der Waals surface area contributed by atoms with Crippen LogP contribution in [0.25, 0.3) is 0 Å². The Hall–Kier alpha value is -2.41. The minimum atomic E-state index is -0.167. The van der Waals surface area contributed by atoms with E-state index < -0.39 is 0 Å². The molecule has 1 aliphatic rings. The molecule has 7 nitrogen and oxygen atoms in total. The van der Waals surface area contributed by atoms with Crippen LogP contribution in [-0.4, -0.2) is 59.2 Å². The molecular formula is C15H18N4O3. The number of rotatable bonds is 4. The second-order valence-corrected chi connectivity index (χ2v) is 5.00. The quantitative estimate of drug-likeness (QED) is 0.836. The van der Waals surface area contributed by atoms with Crippen molar-refractivity contribution < 1.29 is 14.3 Å². The highest BCUT2D eigenvalue weighted by molar-refractivity contribution is 5.94. The van der Waals surface area contributed by atoms with Crippen molar-refractivity contribution >= 4 is 5.91 Å². The van der Waals surface area contributed by atoms with E-state index in [1.807, 2.05) is 30.3 Å². The van der Waals surface area contributed by atoms with Gasteiger partial charge < -0.3 is 14.4 Å². The maximum Gasteiger partial charge on any atom is 0.280 e. The van der Waals surface area contributed by atoms with Gasteiger partial charge in [-0.1, -0.05) is 35.5 Å². The van der Waals surface area contributed by atoms with Crippen molar-refractivity contribution in [2.24, 2.45) is 0 Å². The number of methoxy groups -OCH3 is 1. The smallest absolute Gasteiger partial charge is 0.280 e. The van der Waals surface area contributed by atoms with Crippen molar-refractivity contribution in [2.45, 2.75) is 6.54 Å². The third-order valence-electron chi connectivity index (χ3n) is 3.56. The minimum absolute atomic E-state index is 0.167. The van der Waals surface area contributed by atoms with Crippen molar-refractivity contribution in [1.29, 1.82) is 0 Å². The van der Waals surface area contributed by atoms with Gasteiger partial charge in [0.25, 0.3) is 5.91 Å². The first-order valence-corrected chi connectivity index (χ1v) is 7.18. The first-order valence-electron chi connectivity index (χ1n) is 7.18. The predicted molar refractivity (Wildman–Crippen MR) is 78.8 cm³/mol. The molecule has 0 spiro atoms. The van der Waals surface area contributed by atoms with Gasteiger partial charge in [-0.3, -0.25) is 4.79 Å². The number of hydrogen-bond acceptors (Lipinski definition) is 5. The summed E-state index contributed by atoms with van der Waals surface area (Å²) >= 11 is 0. The molecule has 0 N–H and O–H groups in total. The monoisotopic (exact) mass is 302 g/mol. The molecule has 22 heavy (non-hydrogen) atoms. The molecule has 1 fully saturated rings. The second-order valence-electron chi connectivity index (χ2n) is 5.00. The summed E-state index contributed by atoms with van der Waals surface area (Å²) in [5, 5.41) is 8.08. The maximum atomic E-state index is 12.5. The Kier molecular flexibility index (Phi) is 4.34. The van der Waals surface area contributed by atoms with E-state index in [0.29, 0.717) is 38.7 Å². The number of nitrogens with zero attached hydrogens (tertiary/aromatic N) is 4. The summed E-state index contributed by atoms with van der Waals surface area (Å²) in [4.78, 5) is 14.2. The molecule has 0 bridgehead atoms. The fraction of sp³-hybridized carbons (Fsp3) is 0.400. The highest BCUT2D eigenvalue weighted by Gasteiger charge is 2.26. The molecule has 0 atom stereocenters. The lowest BCUT2D eigenvalue weighted by atomic mass is 10.2. The topological polar surface area (TPSA) is 69.5 Å². The standard InChI is InChI=1S/C15H18N4O3/c1-21-15-13(14(20)18-7-9-22-10-8-18)16-17-19(15)11-12-5-3-2-4-6-12/h2-6H,7-11H2,1H3. The van der Waals surface area contributed by atoms with E-state index in [1.54, 1.807) is 9.58 Å². The number of benzene rings is 1. The van der Waals surface area contributed by atoms with Crippen molar-refractivity contribution in [3.8, 4) is 5.88 Å². The minimum Gasteiger partial charge on any atom is -0.479 e. The molecule has 1 aromatic heterocycles. The van der Waals surface area contributed by atoms with E-state index >= 15 is 0 Å². The number of ether oxygens (including phenoxy) is 2. The van der Waals surface area contributed by atoms with Crippen LogP contribution in [0, 0.1) is 0 Å². The zero-order valence-corrected chi connectivity index (χ0v) is 12.4. The molecule has 3 rings (SSSR count). The molecule has 1 aromatic carbocycles. The van der Waals surface area contributed by atoms with Gasteiger partial charge in [-0.05, 0) is 5.56 Å². The highest BCUT2D eigenvalue weighted by atomic mass is 16.5. The molecule has 1 saturated heterocycles. The molecule has 2 heterocycles. The molecule has 0 aliphatic carbocycles. The zero-order valence-electron chi connectivity index (χ0n) is 12.4. The predicted octanol–water partition coefficient (Wildman–Crippen LogP) is 0.807.